The van der Waals surface area contributed by atoms with Crippen LogP contribution in [-0.4, -0.2) is 17.5 Å². The van der Waals surface area contributed by atoms with Gasteiger partial charge in [-0.3, -0.25) is 4.79 Å². The number of hydrogen-bond acceptors (Lipinski definition) is 2. The van der Waals surface area contributed by atoms with Crippen molar-refractivity contribution in [3.8, 4) is 0 Å². The first-order chi connectivity index (χ1) is 4.20. The van der Waals surface area contributed by atoms with Gasteiger partial charge in [-0.1, -0.05) is 6.92 Å². The second kappa shape index (κ2) is 4.68. The van der Waals surface area contributed by atoms with Gasteiger partial charge in [0.05, 0.1) is 5.37 Å². The largest absolute Gasteiger partial charge is 0.345 e. The van der Waals surface area contributed by atoms with Crippen molar-refractivity contribution in [1.82, 2.24) is 5.32 Å². The number of carbonyl (C=O) groups is 1. The van der Waals surface area contributed by atoms with Crippen molar-refractivity contribution >= 4 is 17.7 Å². The van der Waals surface area contributed by atoms with Gasteiger partial charge in [-0.2, -0.15) is 0 Å². The number of nitrogens with one attached hydrogen (secondary N) is 1. The Morgan fingerprint density at radius 2 is 2.44 bits per heavy atom. The van der Waals surface area contributed by atoms with Gasteiger partial charge in [0.25, 0.3) is 0 Å². The smallest absolute Gasteiger partial charge is 0.217 e. The summed E-state index contributed by atoms with van der Waals surface area (Å²) < 4.78 is 0. The van der Waals surface area contributed by atoms with E-state index in [0.717, 1.165) is 6.42 Å². The SMILES string of the molecule is [CH2]CC(NC(C)=O)SC. The van der Waals surface area contributed by atoms with Crippen molar-refractivity contribution < 1.29 is 4.79 Å². The Morgan fingerprint density at radius 3 is 2.56 bits per heavy atom. The molecule has 53 valence electrons. The van der Waals surface area contributed by atoms with E-state index >= 15 is 0 Å². The third-order valence-electron chi connectivity index (χ3n) is 0.911. The first-order valence-corrected chi connectivity index (χ1v) is 4.08. The zero-order valence-corrected chi connectivity index (χ0v) is 6.62. The van der Waals surface area contributed by atoms with Gasteiger partial charge in [0.1, 0.15) is 0 Å². The molecule has 3 heteroatoms. The van der Waals surface area contributed by atoms with Crippen LogP contribution in [0.1, 0.15) is 13.3 Å². The highest BCUT2D eigenvalue weighted by Gasteiger charge is 2.02. The van der Waals surface area contributed by atoms with E-state index in [1.54, 1.807) is 11.8 Å². The van der Waals surface area contributed by atoms with E-state index < -0.39 is 0 Å². The highest BCUT2D eigenvalue weighted by molar-refractivity contribution is 7.99. The van der Waals surface area contributed by atoms with Crippen LogP contribution >= 0.6 is 11.8 Å². The van der Waals surface area contributed by atoms with Gasteiger partial charge in [0.2, 0.25) is 5.91 Å². The van der Waals surface area contributed by atoms with Crippen molar-refractivity contribution in [3.63, 3.8) is 0 Å². The van der Waals surface area contributed by atoms with Crippen molar-refractivity contribution in [3.05, 3.63) is 6.92 Å². The average molecular weight is 146 g/mol. The van der Waals surface area contributed by atoms with Crippen LogP contribution in [0.3, 0.4) is 0 Å². The molecule has 1 amide bonds. The summed E-state index contributed by atoms with van der Waals surface area (Å²) >= 11 is 1.60. The van der Waals surface area contributed by atoms with Gasteiger partial charge in [0.15, 0.2) is 0 Å². The summed E-state index contributed by atoms with van der Waals surface area (Å²) in [5.41, 5.74) is 0. The van der Waals surface area contributed by atoms with Crippen LogP contribution in [0.15, 0.2) is 0 Å². The second-order valence-corrected chi connectivity index (χ2v) is 2.75. The molecule has 0 aromatic rings. The molecule has 0 saturated carbocycles. The summed E-state index contributed by atoms with van der Waals surface area (Å²) in [5.74, 6) is 0.0120. The van der Waals surface area contributed by atoms with Crippen LogP contribution < -0.4 is 5.32 Å². The van der Waals surface area contributed by atoms with Crippen LogP contribution in [0.5, 0.6) is 0 Å². The monoisotopic (exact) mass is 146 g/mol. The third kappa shape index (κ3) is 4.33. The molecule has 0 aliphatic carbocycles. The lowest BCUT2D eigenvalue weighted by molar-refractivity contribution is -0.119. The van der Waals surface area contributed by atoms with Crippen molar-refractivity contribution in [2.75, 3.05) is 6.26 Å². The summed E-state index contributed by atoms with van der Waals surface area (Å²) in [7, 11) is 0. The molecule has 0 aliphatic rings. The molecule has 0 rings (SSSR count). The van der Waals surface area contributed by atoms with Gasteiger partial charge in [-0.05, 0) is 12.7 Å². The van der Waals surface area contributed by atoms with Crippen LogP contribution in [0, 0.1) is 6.92 Å². The molecule has 0 saturated heterocycles. The fourth-order valence-corrected chi connectivity index (χ4v) is 0.995. The molecule has 0 fully saturated rings. The first-order valence-electron chi connectivity index (χ1n) is 2.79. The number of rotatable bonds is 3. The summed E-state index contributed by atoms with van der Waals surface area (Å²) in [5, 5.41) is 2.92. The number of carbonyl (C=O) groups excluding carboxylic acids is 1. The third-order valence-corrected chi connectivity index (χ3v) is 1.83. The van der Waals surface area contributed by atoms with E-state index in [1.807, 2.05) is 6.26 Å². The van der Waals surface area contributed by atoms with E-state index in [4.69, 9.17) is 0 Å². The molecule has 0 heterocycles. The summed E-state index contributed by atoms with van der Waals surface area (Å²) in [6, 6.07) is 0. The standard InChI is InChI=1S/C6H12NOS/c1-4-6(9-3)7-5(2)8/h6H,1,4H2,2-3H3,(H,7,8). The lowest BCUT2D eigenvalue weighted by Gasteiger charge is -2.11. The molecule has 9 heavy (non-hydrogen) atoms. The van der Waals surface area contributed by atoms with E-state index in [0.29, 0.717) is 0 Å². The maximum absolute atomic E-state index is 10.4. The molecule has 0 aromatic heterocycles. The molecule has 0 aromatic carbocycles. The Hall–Kier alpha value is -0.180. The Bertz CT molecular complexity index is 91.1. The van der Waals surface area contributed by atoms with Gasteiger partial charge < -0.3 is 5.32 Å². The Balaban J connectivity index is 3.43. The van der Waals surface area contributed by atoms with Gasteiger partial charge >= 0.3 is 0 Å². The van der Waals surface area contributed by atoms with E-state index in [2.05, 4.69) is 12.2 Å². The molecule has 0 bridgehead atoms. The molecule has 1 atom stereocenters. The second-order valence-electron chi connectivity index (χ2n) is 1.71. The van der Waals surface area contributed by atoms with Crippen LogP contribution in [-0.2, 0) is 4.79 Å². The fourth-order valence-electron chi connectivity index (χ4n) is 0.476. The van der Waals surface area contributed by atoms with Crippen molar-refractivity contribution in [2.24, 2.45) is 0 Å². The summed E-state index contributed by atoms with van der Waals surface area (Å²) in [6.07, 6.45) is 2.69. The molecular weight excluding hydrogens is 134 g/mol. The van der Waals surface area contributed by atoms with E-state index in [-0.39, 0.29) is 11.3 Å². The predicted molar refractivity (Wildman–Crippen MR) is 41.1 cm³/mol. The Morgan fingerprint density at radius 1 is 1.89 bits per heavy atom. The maximum atomic E-state index is 10.4. The lowest BCUT2D eigenvalue weighted by Crippen LogP contribution is -2.29. The maximum Gasteiger partial charge on any atom is 0.217 e. The topological polar surface area (TPSA) is 29.1 Å². The Kier molecular flexibility index (Phi) is 4.58. The van der Waals surface area contributed by atoms with Crippen LogP contribution in [0.2, 0.25) is 0 Å². The highest BCUT2D eigenvalue weighted by atomic mass is 32.2. The van der Waals surface area contributed by atoms with Crippen molar-refractivity contribution in [2.45, 2.75) is 18.7 Å². The Labute approximate surface area is 60.4 Å². The predicted octanol–water partition coefficient (Wildman–Crippen LogP) is 1.04. The molecule has 1 radical (unpaired) electrons. The normalized spacial score (nSPS) is 12.8. The number of hydrogen-bond donors (Lipinski definition) is 1. The molecule has 0 spiro atoms. The number of amides is 1. The lowest BCUT2D eigenvalue weighted by atomic mass is 10.5. The van der Waals surface area contributed by atoms with Crippen LogP contribution in [0.25, 0.3) is 0 Å². The van der Waals surface area contributed by atoms with E-state index in [1.165, 1.54) is 6.92 Å². The fraction of sp³-hybridized carbons (Fsp3) is 0.667. The minimum Gasteiger partial charge on any atom is -0.345 e. The summed E-state index contributed by atoms with van der Waals surface area (Å²) in [6.45, 7) is 5.19. The minimum absolute atomic E-state index is 0.0120. The summed E-state index contributed by atoms with van der Waals surface area (Å²) in [4.78, 5) is 10.4. The molecular formula is C6H12NOS. The molecule has 1 N–H and O–H groups in total. The molecule has 2 nitrogen and oxygen atoms in total. The average Bonchev–Trinajstić information content (AvgIpc) is 1.82. The molecule has 0 aliphatic heterocycles. The zero-order chi connectivity index (χ0) is 7.28. The van der Waals surface area contributed by atoms with Crippen LogP contribution in [0.4, 0.5) is 0 Å². The highest BCUT2D eigenvalue weighted by Crippen LogP contribution is 2.05. The number of thioether (sulfide) groups is 1. The minimum atomic E-state index is 0.0120. The van der Waals surface area contributed by atoms with Gasteiger partial charge in [0, 0.05) is 6.92 Å². The van der Waals surface area contributed by atoms with Gasteiger partial charge in [-0.15, -0.1) is 11.8 Å². The zero-order valence-electron chi connectivity index (χ0n) is 5.81. The van der Waals surface area contributed by atoms with E-state index in [9.17, 15) is 4.79 Å². The first kappa shape index (κ1) is 8.82. The van der Waals surface area contributed by atoms with Gasteiger partial charge in [-0.25, -0.2) is 0 Å². The molecule has 1 unspecified atom stereocenters. The van der Waals surface area contributed by atoms with Crippen molar-refractivity contribution in [1.29, 1.82) is 0 Å². The quantitative estimate of drug-likeness (QED) is 0.603.